The molecule has 0 atom stereocenters. The normalized spacial score (nSPS) is 11.4. The van der Waals surface area contributed by atoms with Gasteiger partial charge in [0.1, 0.15) is 5.82 Å². The van der Waals surface area contributed by atoms with Crippen molar-refractivity contribution in [3.8, 4) is 33.9 Å². The maximum Gasteiger partial charge on any atom is 0.138 e. The van der Waals surface area contributed by atoms with E-state index in [1.807, 2.05) is 18.2 Å². The van der Waals surface area contributed by atoms with Crippen molar-refractivity contribution >= 4 is 0 Å². The van der Waals surface area contributed by atoms with Crippen LogP contribution in [0.1, 0.15) is 50.7 Å². The number of hydrogen-bond acceptors (Lipinski definition) is 1. The van der Waals surface area contributed by atoms with Crippen molar-refractivity contribution in [2.45, 2.75) is 39.5 Å². The molecular weight excluding hydrogens is 352 g/mol. The summed E-state index contributed by atoms with van der Waals surface area (Å²) in [6.45, 7) is 8.89. The molecule has 1 N–H and O–H groups in total. The fourth-order valence-corrected chi connectivity index (χ4v) is 3.58. The van der Waals surface area contributed by atoms with E-state index in [-0.39, 0.29) is 0 Å². The number of aromatic nitrogens is 2. The molecule has 3 aromatic carbocycles. The first-order chi connectivity index (χ1) is 14.0. The van der Waals surface area contributed by atoms with Crippen LogP contribution in [0.25, 0.3) is 33.9 Å². The standard InChI is InChI=1S/C27H28N2/c1-18(2)20-10-14-22(15-11-20)25-26(23-16-12-21(13-17-23)19(3)4)29-27(28-25)24-8-6-5-7-9-24/h5-19H,1-4H3,(H,28,29). The van der Waals surface area contributed by atoms with E-state index in [9.17, 15) is 0 Å². The van der Waals surface area contributed by atoms with Gasteiger partial charge in [0.15, 0.2) is 0 Å². The number of nitrogens with zero attached hydrogens (tertiary/aromatic N) is 1. The third-order valence-electron chi connectivity index (χ3n) is 5.47. The van der Waals surface area contributed by atoms with Crippen LogP contribution in [-0.4, -0.2) is 9.97 Å². The molecule has 2 heteroatoms. The Labute approximate surface area is 173 Å². The van der Waals surface area contributed by atoms with Crippen LogP contribution in [0.2, 0.25) is 0 Å². The highest BCUT2D eigenvalue weighted by atomic mass is 14.9. The van der Waals surface area contributed by atoms with E-state index >= 15 is 0 Å². The SMILES string of the molecule is CC(C)c1ccc(-c2nc(-c3ccccc3)[nH]c2-c2ccc(C(C)C)cc2)cc1. The smallest absolute Gasteiger partial charge is 0.138 e. The molecule has 0 aliphatic rings. The number of rotatable bonds is 5. The van der Waals surface area contributed by atoms with E-state index < -0.39 is 0 Å². The predicted molar refractivity (Wildman–Crippen MR) is 123 cm³/mol. The molecule has 0 spiro atoms. The minimum atomic E-state index is 0.520. The number of aromatic amines is 1. The van der Waals surface area contributed by atoms with Crippen molar-refractivity contribution in [2.75, 3.05) is 0 Å². The summed E-state index contributed by atoms with van der Waals surface area (Å²) < 4.78 is 0. The Balaban J connectivity index is 1.83. The van der Waals surface area contributed by atoms with Gasteiger partial charge in [-0.2, -0.15) is 0 Å². The summed E-state index contributed by atoms with van der Waals surface area (Å²) in [6, 6.07) is 27.9. The summed E-state index contributed by atoms with van der Waals surface area (Å²) in [7, 11) is 0. The molecule has 0 aliphatic heterocycles. The number of imidazole rings is 1. The fourth-order valence-electron chi connectivity index (χ4n) is 3.58. The van der Waals surface area contributed by atoms with Crippen molar-refractivity contribution in [3.63, 3.8) is 0 Å². The summed E-state index contributed by atoms with van der Waals surface area (Å²) in [5.74, 6) is 1.94. The van der Waals surface area contributed by atoms with Gasteiger partial charge in [-0.3, -0.25) is 0 Å². The first-order valence-electron chi connectivity index (χ1n) is 10.4. The van der Waals surface area contributed by atoms with Crippen molar-refractivity contribution < 1.29 is 0 Å². The van der Waals surface area contributed by atoms with Gasteiger partial charge in [-0.05, 0) is 23.0 Å². The van der Waals surface area contributed by atoms with Crippen LogP contribution in [0.3, 0.4) is 0 Å². The Morgan fingerprint density at radius 3 is 1.62 bits per heavy atom. The van der Waals surface area contributed by atoms with Crippen LogP contribution in [0.15, 0.2) is 78.9 Å². The van der Waals surface area contributed by atoms with Gasteiger partial charge in [0.25, 0.3) is 0 Å². The van der Waals surface area contributed by atoms with E-state index in [1.165, 1.54) is 11.1 Å². The second-order valence-corrected chi connectivity index (χ2v) is 8.23. The van der Waals surface area contributed by atoms with Gasteiger partial charge in [-0.25, -0.2) is 4.98 Å². The molecule has 146 valence electrons. The number of H-pyrrole nitrogens is 1. The lowest BCUT2D eigenvalue weighted by Gasteiger charge is -2.09. The highest BCUT2D eigenvalue weighted by molar-refractivity contribution is 5.81. The van der Waals surface area contributed by atoms with E-state index in [0.29, 0.717) is 11.8 Å². The van der Waals surface area contributed by atoms with Crippen molar-refractivity contribution in [2.24, 2.45) is 0 Å². The highest BCUT2D eigenvalue weighted by Gasteiger charge is 2.16. The van der Waals surface area contributed by atoms with Gasteiger partial charge in [0.05, 0.1) is 11.4 Å². The molecule has 4 aromatic rings. The average Bonchev–Trinajstić information content (AvgIpc) is 3.20. The molecule has 1 heterocycles. The van der Waals surface area contributed by atoms with Crippen LogP contribution in [0.5, 0.6) is 0 Å². The van der Waals surface area contributed by atoms with E-state index in [2.05, 4.69) is 93.3 Å². The summed E-state index contributed by atoms with van der Waals surface area (Å²) in [6.07, 6.45) is 0. The summed E-state index contributed by atoms with van der Waals surface area (Å²) in [5.41, 5.74) is 8.14. The van der Waals surface area contributed by atoms with E-state index in [1.54, 1.807) is 0 Å². The molecule has 29 heavy (non-hydrogen) atoms. The second-order valence-electron chi connectivity index (χ2n) is 8.23. The second kappa shape index (κ2) is 8.08. The van der Waals surface area contributed by atoms with Crippen molar-refractivity contribution in [3.05, 3.63) is 90.0 Å². The molecular formula is C27H28N2. The summed E-state index contributed by atoms with van der Waals surface area (Å²) >= 11 is 0. The molecule has 0 bridgehead atoms. The maximum atomic E-state index is 5.00. The maximum absolute atomic E-state index is 5.00. The van der Waals surface area contributed by atoms with Crippen LogP contribution in [0.4, 0.5) is 0 Å². The lowest BCUT2D eigenvalue weighted by atomic mass is 9.97. The largest absolute Gasteiger partial charge is 0.337 e. The topological polar surface area (TPSA) is 28.7 Å². The number of nitrogens with one attached hydrogen (secondary N) is 1. The van der Waals surface area contributed by atoms with E-state index in [4.69, 9.17) is 4.98 Å². The van der Waals surface area contributed by atoms with Crippen LogP contribution in [0, 0.1) is 0 Å². The van der Waals surface area contributed by atoms with Crippen LogP contribution >= 0.6 is 0 Å². The first kappa shape index (κ1) is 19.2. The quantitative estimate of drug-likeness (QED) is 0.378. The van der Waals surface area contributed by atoms with Gasteiger partial charge < -0.3 is 4.98 Å². The molecule has 0 fully saturated rings. The number of benzene rings is 3. The van der Waals surface area contributed by atoms with Crippen LogP contribution < -0.4 is 0 Å². The van der Waals surface area contributed by atoms with Crippen molar-refractivity contribution in [1.29, 1.82) is 0 Å². The Hall–Kier alpha value is -3.13. The third-order valence-corrected chi connectivity index (χ3v) is 5.47. The van der Waals surface area contributed by atoms with Gasteiger partial charge in [0, 0.05) is 16.7 Å². The van der Waals surface area contributed by atoms with Crippen LogP contribution in [-0.2, 0) is 0 Å². The zero-order chi connectivity index (χ0) is 20.4. The molecule has 0 unspecified atom stereocenters. The minimum absolute atomic E-state index is 0.520. The van der Waals surface area contributed by atoms with Gasteiger partial charge >= 0.3 is 0 Å². The lowest BCUT2D eigenvalue weighted by molar-refractivity contribution is 0.867. The molecule has 0 saturated carbocycles. The van der Waals surface area contributed by atoms with Gasteiger partial charge in [-0.1, -0.05) is 107 Å². The summed E-state index contributed by atoms with van der Waals surface area (Å²) in [5, 5.41) is 0. The molecule has 0 aliphatic carbocycles. The Morgan fingerprint density at radius 1 is 0.586 bits per heavy atom. The Morgan fingerprint density at radius 2 is 1.10 bits per heavy atom. The first-order valence-corrected chi connectivity index (χ1v) is 10.4. The Bertz CT molecular complexity index is 1000. The zero-order valence-electron chi connectivity index (χ0n) is 17.6. The molecule has 1 aromatic heterocycles. The molecule has 0 radical (unpaired) electrons. The molecule has 2 nitrogen and oxygen atoms in total. The third kappa shape index (κ3) is 4.02. The minimum Gasteiger partial charge on any atom is -0.337 e. The predicted octanol–water partition coefficient (Wildman–Crippen LogP) is 7.66. The van der Waals surface area contributed by atoms with Gasteiger partial charge in [0.2, 0.25) is 0 Å². The fraction of sp³-hybridized carbons (Fsp3) is 0.222. The highest BCUT2D eigenvalue weighted by Crippen LogP contribution is 2.34. The Kier molecular flexibility index (Phi) is 5.35. The molecule has 0 saturated heterocycles. The van der Waals surface area contributed by atoms with Crippen molar-refractivity contribution in [1.82, 2.24) is 9.97 Å². The number of hydrogen-bond donors (Lipinski definition) is 1. The zero-order valence-corrected chi connectivity index (χ0v) is 17.6. The monoisotopic (exact) mass is 380 g/mol. The lowest BCUT2D eigenvalue weighted by Crippen LogP contribution is -1.89. The average molecular weight is 381 g/mol. The molecule has 4 rings (SSSR count). The summed E-state index contributed by atoms with van der Waals surface area (Å²) in [4.78, 5) is 8.59. The van der Waals surface area contributed by atoms with Gasteiger partial charge in [-0.15, -0.1) is 0 Å². The van der Waals surface area contributed by atoms with E-state index in [0.717, 1.165) is 33.9 Å². The molecule has 0 amide bonds.